The van der Waals surface area contributed by atoms with Crippen LogP contribution < -0.4 is 4.90 Å². The Morgan fingerprint density at radius 2 is 1.92 bits per heavy atom. The van der Waals surface area contributed by atoms with Crippen molar-refractivity contribution >= 4 is 11.5 Å². The Morgan fingerprint density at radius 3 is 2.76 bits per heavy atom. The fourth-order valence-corrected chi connectivity index (χ4v) is 3.15. The van der Waals surface area contributed by atoms with Crippen LogP contribution in [0, 0.1) is 11.3 Å². The van der Waals surface area contributed by atoms with Crippen molar-refractivity contribution < 1.29 is 0 Å². The highest BCUT2D eigenvalue weighted by molar-refractivity contribution is 5.65. The summed E-state index contributed by atoms with van der Waals surface area (Å²) < 4.78 is 0. The van der Waals surface area contributed by atoms with Crippen LogP contribution in [0.1, 0.15) is 16.7 Å². The van der Waals surface area contributed by atoms with E-state index in [4.69, 9.17) is 0 Å². The zero-order valence-electron chi connectivity index (χ0n) is 13.7. The van der Waals surface area contributed by atoms with Gasteiger partial charge in [0.05, 0.1) is 18.3 Å². The number of nitriles is 1. The van der Waals surface area contributed by atoms with Crippen LogP contribution in [0.3, 0.4) is 0 Å². The molecule has 0 radical (unpaired) electrons. The highest BCUT2D eigenvalue weighted by Crippen LogP contribution is 2.32. The van der Waals surface area contributed by atoms with Crippen molar-refractivity contribution in [2.45, 2.75) is 13.1 Å². The molecule has 0 N–H and O–H groups in total. The molecule has 3 heterocycles. The van der Waals surface area contributed by atoms with Crippen molar-refractivity contribution in [3.05, 3.63) is 83.8 Å². The smallest absolute Gasteiger partial charge is 0.138 e. The molecule has 0 saturated carbocycles. The number of pyridine rings is 2. The van der Waals surface area contributed by atoms with Gasteiger partial charge in [0.2, 0.25) is 0 Å². The summed E-state index contributed by atoms with van der Waals surface area (Å²) in [6.45, 7) is 2.41. The predicted octanol–water partition coefficient (Wildman–Crippen LogP) is 3.46. The Bertz CT molecular complexity index is 917. The standard InChI is InChI=1S/C20H17N5/c21-12-17-3-1-5-19(11-17)25-15-24(13-16-6-9-22-10-7-16)14-18-4-2-8-23-20(18)25/h1-11H,13-15H2. The van der Waals surface area contributed by atoms with E-state index in [-0.39, 0.29) is 0 Å². The fraction of sp³-hybridized carbons (Fsp3) is 0.150. The molecule has 1 aliphatic rings. The number of nitrogens with zero attached hydrogens (tertiary/aromatic N) is 5. The van der Waals surface area contributed by atoms with Crippen molar-refractivity contribution in [1.29, 1.82) is 5.26 Å². The van der Waals surface area contributed by atoms with Gasteiger partial charge in [-0.25, -0.2) is 4.98 Å². The van der Waals surface area contributed by atoms with Gasteiger partial charge in [0.1, 0.15) is 5.82 Å². The average molecular weight is 327 g/mol. The average Bonchev–Trinajstić information content (AvgIpc) is 2.68. The topological polar surface area (TPSA) is 56.1 Å². The van der Waals surface area contributed by atoms with E-state index < -0.39 is 0 Å². The van der Waals surface area contributed by atoms with Gasteiger partial charge >= 0.3 is 0 Å². The first-order valence-electron chi connectivity index (χ1n) is 8.16. The van der Waals surface area contributed by atoms with Crippen molar-refractivity contribution in [3.8, 4) is 6.07 Å². The molecule has 0 spiro atoms. The molecule has 5 heteroatoms. The number of benzene rings is 1. The van der Waals surface area contributed by atoms with Gasteiger partial charge in [0.15, 0.2) is 0 Å². The lowest BCUT2D eigenvalue weighted by molar-refractivity contribution is 0.251. The van der Waals surface area contributed by atoms with Crippen LogP contribution >= 0.6 is 0 Å². The lowest BCUT2D eigenvalue weighted by atomic mass is 10.1. The third-order valence-electron chi connectivity index (χ3n) is 4.30. The fourth-order valence-electron chi connectivity index (χ4n) is 3.15. The van der Waals surface area contributed by atoms with Gasteiger partial charge in [-0.05, 0) is 42.0 Å². The zero-order chi connectivity index (χ0) is 17.1. The van der Waals surface area contributed by atoms with Gasteiger partial charge in [-0.2, -0.15) is 5.26 Å². The Labute approximate surface area is 146 Å². The molecular formula is C20H17N5. The molecule has 0 fully saturated rings. The maximum atomic E-state index is 9.20. The Hall–Kier alpha value is -3.23. The van der Waals surface area contributed by atoms with E-state index in [1.165, 1.54) is 11.1 Å². The second-order valence-electron chi connectivity index (χ2n) is 6.06. The maximum Gasteiger partial charge on any atom is 0.138 e. The normalized spacial score (nSPS) is 14.0. The summed E-state index contributed by atoms with van der Waals surface area (Å²) >= 11 is 0. The highest BCUT2D eigenvalue weighted by atomic mass is 15.4. The van der Waals surface area contributed by atoms with Crippen molar-refractivity contribution in [1.82, 2.24) is 14.9 Å². The van der Waals surface area contributed by atoms with Crippen LogP contribution in [-0.4, -0.2) is 21.5 Å². The number of rotatable bonds is 3. The molecule has 3 aromatic rings. The van der Waals surface area contributed by atoms with Crippen LogP contribution in [0.4, 0.5) is 11.5 Å². The van der Waals surface area contributed by atoms with Gasteiger partial charge in [0.25, 0.3) is 0 Å². The van der Waals surface area contributed by atoms with E-state index in [1.807, 2.05) is 61.1 Å². The largest absolute Gasteiger partial charge is 0.313 e. The summed E-state index contributed by atoms with van der Waals surface area (Å²) in [7, 11) is 0. The monoisotopic (exact) mass is 327 g/mol. The first kappa shape index (κ1) is 15.3. The molecule has 0 saturated heterocycles. The Balaban J connectivity index is 1.68. The van der Waals surface area contributed by atoms with Crippen LogP contribution in [0.5, 0.6) is 0 Å². The van der Waals surface area contributed by atoms with Gasteiger partial charge in [-0.3, -0.25) is 9.88 Å². The van der Waals surface area contributed by atoms with E-state index in [1.54, 1.807) is 0 Å². The Kier molecular flexibility index (Phi) is 4.11. The summed E-state index contributed by atoms with van der Waals surface area (Å²) in [5.41, 5.74) is 4.05. The van der Waals surface area contributed by atoms with E-state index in [2.05, 4.69) is 31.9 Å². The lowest BCUT2D eigenvalue weighted by Crippen LogP contribution is -2.39. The highest BCUT2D eigenvalue weighted by Gasteiger charge is 2.24. The van der Waals surface area contributed by atoms with Crippen LogP contribution in [0.2, 0.25) is 0 Å². The number of hydrogen-bond acceptors (Lipinski definition) is 5. The number of anilines is 2. The molecule has 1 aromatic carbocycles. The minimum Gasteiger partial charge on any atom is -0.313 e. The molecule has 0 amide bonds. The van der Waals surface area contributed by atoms with Gasteiger partial charge < -0.3 is 4.90 Å². The first-order valence-corrected chi connectivity index (χ1v) is 8.16. The van der Waals surface area contributed by atoms with Gasteiger partial charge in [-0.15, -0.1) is 0 Å². The van der Waals surface area contributed by atoms with E-state index in [0.717, 1.165) is 31.3 Å². The quantitative estimate of drug-likeness (QED) is 0.737. The first-order chi connectivity index (χ1) is 12.3. The molecular weight excluding hydrogens is 310 g/mol. The molecule has 0 aliphatic carbocycles. The van der Waals surface area contributed by atoms with Gasteiger partial charge in [0, 0.05) is 42.9 Å². The SMILES string of the molecule is N#Cc1cccc(N2CN(Cc3ccncc3)Cc3cccnc32)c1. The molecule has 1 aliphatic heterocycles. The van der Waals surface area contributed by atoms with Crippen LogP contribution in [0.15, 0.2) is 67.1 Å². The van der Waals surface area contributed by atoms with Gasteiger partial charge in [-0.1, -0.05) is 12.1 Å². The summed E-state index contributed by atoms with van der Waals surface area (Å²) in [5, 5.41) is 9.20. The van der Waals surface area contributed by atoms with Crippen molar-refractivity contribution in [2.24, 2.45) is 0 Å². The molecule has 25 heavy (non-hydrogen) atoms. The third kappa shape index (κ3) is 3.21. The maximum absolute atomic E-state index is 9.20. The van der Waals surface area contributed by atoms with Crippen LogP contribution in [-0.2, 0) is 13.1 Å². The summed E-state index contributed by atoms with van der Waals surface area (Å²) in [4.78, 5) is 13.2. The van der Waals surface area contributed by atoms with E-state index in [0.29, 0.717) is 5.56 Å². The zero-order valence-corrected chi connectivity index (χ0v) is 13.7. The second-order valence-corrected chi connectivity index (χ2v) is 6.06. The Morgan fingerprint density at radius 1 is 1.04 bits per heavy atom. The number of hydrogen-bond donors (Lipinski definition) is 0. The number of fused-ring (bicyclic) bond motifs is 1. The minimum absolute atomic E-state index is 0.654. The predicted molar refractivity (Wildman–Crippen MR) is 95.9 cm³/mol. The molecule has 122 valence electrons. The molecule has 4 rings (SSSR count). The van der Waals surface area contributed by atoms with E-state index in [9.17, 15) is 5.26 Å². The third-order valence-corrected chi connectivity index (χ3v) is 4.30. The molecule has 0 atom stereocenters. The van der Waals surface area contributed by atoms with Crippen molar-refractivity contribution in [3.63, 3.8) is 0 Å². The van der Waals surface area contributed by atoms with Crippen LogP contribution in [0.25, 0.3) is 0 Å². The molecule has 2 aromatic heterocycles. The van der Waals surface area contributed by atoms with E-state index >= 15 is 0 Å². The minimum atomic E-state index is 0.654. The molecule has 0 unspecified atom stereocenters. The molecule has 0 bridgehead atoms. The second kappa shape index (κ2) is 6.71. The summed E-state index contributed by atoms with van der Waals surface area (Å²) in [5.74, 6) is 0.962. The van der Waals surface area contributed by atoms with Crippen molar-refractivity contribution in [2.75, 3.05) is 11.6 Å². The number of aromatic nitrogens is 2. The molecule has 5 nitrogen and oxygen atoms in total. The lowest BCUT2D eigenvalue weighted by Gasteiger charge is -2.37. The summed E-state index contributed by atoms with van der Waals surface area (Å²) in [6, 6.07) is 18.1. The summed E-state index contributed by atoms with van der Waals surface area (Å²) in [6.07, 6.45) is 5.46.